The summed E-state index contributed by atoms with van der Waals surface area (Å²) in [5, 5.41) is 5.45. The highest BCUT2D eigenvalue weighted by molar-refractivity contribution is 5.84. The predicted octanol–water partition coefficient (Wildman–Crippen LogP) is 1.29. The molecule has 0 heterocycles. The van der Waals surface area contributed by atoms with E-state index in [2.05, 4.69) is 10.6 Å². The van der Waals surface area contributed by atoms with Crippen LogP contribution in [0.1, 0.15) is 24.8 Å². The number of hydrogen-bond acceptors (Lipinski definition) is 5. The zero-order valence-electron chi connectivity index (χ0n) is 15.0. The lowest BCUT2D eigenvalue weighted by Crippen LogP contribution is -2.37. The zero-order chi connectivity index (χ0) is 18.2. The first kappa shape index (κ1) is 18.9. The average molecular weight is 350 g/mol. The second-order valence-corrected chi connectivity index (χ2v) is 6.06. The Labute approximate surface area is 148 Å². The minimum atomic E-state index is -0.171. The number of carbonyl (C=O) groups excluding carboxylic acids is 2. The molecule has 2 rings (SSSR count). The van der Waals surface area contributed by atoms with Crippen LogP contribution < -0.4 is 24.8 Å². The standard InChI is InChI=1S/C18H26N2O5/c1-23-14-8-13(9-15(24-2)18(14)25-3)6-7-16(21)20-11-17(22)19-10-12-4-5-12/h8-9,12H,4-7,10-11H2,1-3H3,(H,19,22)(H,20,21). The number of amides is 2. The fourth-order valence-corrected chi connectivity index (χ4v) is 2.45. The number of nitrogens with one attached hydrogen (secondary N) is 2. The molecule has 0 radical (unpaired) electrons. The summed E-state index contributed by atoms with van der Waals surface area (Å²) in [6.45, 7) is 0.723. The number of rotatable bonds is 10. The number of ether oxygens (including phenoxy) is 3. The van der Waals surface area contributed by atoms with Crippen molar-refractivity contribution in [3.8, 4) is 17.2 Å². The van der Waals surface area contributed by atoms with Gasteiger partial charge in [0.2, 0.25) is 17.6 Å². The van der Waals surface area contributed by atoms with E-state index in [4.69, 9.17) is 14.2 Å². The minimum Gasteiger partial charge on any atom is -0.493 e. The number of methoxy groups -OCH3 is 3. The Balaban J connectivity index is 1.81. The molecule has 25 heavy (non-hydrogen) atoms. The molecule has 0 bridgehead atoms. The molecule has 1 aliphatic carbocycles. The predicted molar refractivity (Wildman–Crippen MR) is 93.2 cm³/mol. The van der Waals surface area contributed by atoms with E-state index in [9.17, 15) is 9.59 Å². The highest BCUT2D eigenvalue weighted by Crippen LogP contribution is 2.38. The Hall–Kier alpha value is -2.44. The summed E-state index contributed by atoms with van der Waals surface area (Å²) < 4.78 is 15.9. The quantitative estimate of drug-likeness (QED) is 0.664. The normalized spacial score (nSPS) is 13.1. The Morgan fingerprint density at radius 3 is 2.16 bits per heavy atom. The van der Waals surface area contributed by atoms with E-state index in [-0.39, 0.29) is 24.8 Å². The van der Waals surface area contributed by atoms with Crippen molar-refractivity contribution in [2.24, 2.45) is 5.92 Å². The molecule has 0 spiro atoms. The van der Waals surface area contributed by atoms with Crippen LogP contribution in [0.4, 0.5) is 0 Å². The van der Waals surface area contributed by atoms with Gasteiger partial charge in [-0.15, -0.1) is 0 Å². The lowest BCUT2D eigenvalue weighted by molar-refractivity contribution is -0.126. The number of aryl methyl sites for hydroxylation is 1. The van der Waals surface area contributed by atoms with Gasteiger partial charge in [-0.2, -0.15) is 0 Å². The maximum atomic E-state index is 11.9. The molecule has 1 aliphatic rings. The molecule has 138 valence electrons. The molecule has 1 aromatic rings. The van der Waals surface area contributed by atoms with Crippen LogP contribution in [0.2, 0.25) is 0 Å². The topological polar surface area (TPSA) is 85.9 Å². The lowest BCUT2D eigenvalue weighted by Gasteiger charge is -2.14. The molecule has 1 aromatic carbocycles. The Bertz CT molecular complexity index is 588. The van der Waals surface area contributed by atoms with Crippen LogP contribution in [0.3, 0.4) is 0 Å². The fraction of sp³-hybridized carbons (Fsp3) is 0.556. The third-order valence-corrected chi connectivity index (χ3v) is 4.10. The van der Waals surface area contributed by atoms with Crippen LogP contribution in [0.5, 0.6) is 17.2 Å². The average Bonchev–Trinajstić information content (AvgIpc) is 3.46. The van der Waals surface area contributed by atoms with Gasteiger partial charge in [0.15, 0.2) is 11.5 Å². The summed E-state index contributed by atoms with van der Waals surface area (Å²) in [6, 6.07) is 3.63. The molecular formula is C18H26N2O5. The van der Waals surface area contributed by atoms with Gasteiger partial charge in [-0.3, -0.25) is 9.59 Å². The van der Waals surface area contributed by atoms with Gasteiger partial charge in [0, 0.05) is 13.0 Å². The molecule has 0 unspecified atom stereocenters. The van der Waals surface area contributed by atoms with Crippen molar-refractivity contribution in [1.82, 2.24) is 10.6 Å². The smallest absolute Gasteiger partial charge is 0.239 e. The number of carbonyl (C=O) groups is 2. The van der Waals surface area contributed by atoms with E-state index in [1.54, 1.807) is 21.3 Å². The van der Waals surface area contributed by atoms with Gasteiger partial charge in [0.05, 0.1) is 27.9 Å². The van der Waals surface area contributed by atoms with E-state index in [0.717, 1.165) is 5.56 Å². The van der Waals surface area contributed by atoms with Gasteiger partial charge in [0.1, 0.15) is 0 Å². The van der Waals surface area contributed by atoms with E-state index < -0.39 is 0 Å². The van der Waals surface area contributed by atoms with E-state index in [0.29, 0.717) is 36.1 Å². The summed E-state index contributed by atoms with van der Waals surface area (Å²) in [5.41, 5.74) is 0.892. The van der Waals surface area contributed by atoms with E-state index in [1.807, 2.05) is 12.1 Å². The molecule has 1 saturated carbocycles. The van der Waals surface area contributed by atoms with Crippen molar-refractivity contribution in [2.75, 3.05) is 34.4 Å². The second-order valence-electron chi connectivity index (χ2n) is 6.06. The van der Waals surface area contributed by atoms with Crippen molar-refractivity contribution in [1.29, 1.82) is 0 Å². The fourth-order valence-electron chi connectivity index (χ4n) is 2.45. The number of hydrogen-bond donors (Lipinski definition) is 2. The van der Waals surface area contributed by atoms with Crippen LogP contribution in [0.25, 0.3) is 0 Å². The summed E-state index contributed by atoms with van der Waals surface area (Å²) >= 11 is 0. The molecule has 0 aliphatic heterocycles. The maximum absolute atomic E-state index is 11.9. The molecule has 7 heteroatoms. The van der Waals surface area contributed by atoms with Gasteiger partial charge in [-0.25, -0.2) is 0 Å². The summed E-state index contributed by atoms with van der Waals surface area (Å²) in [5.74, 6) is 1.93. The van der Waals surface area contributed by atoms with Gasteiger partial charge < -0.3 is 24.8 Å². The first-order valence-corrected chi connectivity index (χ1v) is 8.39. The monoisotopic (exact) mass is 350 g/mol. The van der Waals surface area contributed by atoms with Crippen LogP contribution in [-0.4, -0.2) is 46.2 Å². The zero-order valence-corrected chi connectivity index (χ0v) is 15.0. The molecule has 0 saturated heterocycles. The number of benzene rings is 1. The van der Waals surface area contributed by atoms with Gasteiger partial charge in [-0.05, 0) is 42.9 Å². The molecule has 7 nitrogen and oxygen atoms in total. The molecular weight excluding hydrogens is 324 g/mol. The van der Waals surface area contributed by atoms with Gasteiger partial charge in [-0.1, -0.05) is 0 Å². The summed E-state index contributed by atoms with van der Waals surface area (Å²) in [4.78, 5) is 23.5. The summed E-state index contributed by atoms with van der Waals surface area (Å²) in [7, 11) is 4.64. The van der Waals surface area contributed by atoms with Gasteiger partial charge in [0.25, 0.3) is 0 Å². The Morgan fingerprint density at radius 2 is 1.64 bits per heavy atom. The molecule has 2 amide bonds. The lowest BCUT2D eigenvalue weighted by atomic mass is 10.1. The Morgan fingerprint density at radius 1 is 1.00 bits per heavy atom. The molecule has 1 fully saturated rings. The highest BCUT2D eigenvalue weighted by Gasteiger charge is 2.21. The highest BCUT2D eigenvalue weighted by atomic mass is 16.5. The van der Waals surface area contributed by atoms with Crippen LogP contribution in [-0.2, 0) is 16.0 Å². The van der Waals surface area contributed by atoms with Crippen LogP contribution in [0.15, 0.2) is 12.1 Å². The van der Waals surface area contributed by atoms with Crippen molar-refractivity contribution in [3.05, 3.63) is 17.7 Å². The first-order chi connectivity index (χ1) is 12.1. The maximum Gasteiger partial charge on any atom is 0.239 e. The van der Waals surface area contributed by atoms with Crippen LogP contribution >= 0.6 is 0 Å². The van der Waals surface area contributed by atoms with Crippen molar-refractivity contribution in [3.63, 3.8) is 0 Å². The summed E-state index contributed by atoms with van der Waals surface area (Å²) in [6.07, 6.45) is 3.14. The second kappa shape index (κ2) is 9.15. The van der Waals surface area contributed by atoms with E-state index >= 15 is 0 Å². The van der Waals surface area contributed by atoms with E-state index in [1.165, 1.54) is 12.8 Å². The van der Waals surface area contributed by atoms with Crippen molar-refractivity contribution >= 4 is 11.8 Å². The largest absolute Gasteiger partial charge is 0.493 e. The van der Waals surface area contributed by atoms with Crippen molar-refractivity contribution < 1.29 is 23.8 Å². The third-order valence-electron chi connectivity index (χ3n) is 4.10. The molecule has 0 atom stereocenters. The van der Waals surface area contributed by atoms with Gasteiger partial charge >= 0.3 is 0 Å². The molecule has 0 aromatic heterocycles. The molecule has 2 N–H and O–H groups in total. The first-order valence-electron chi connectivity index (χ1n) is 8.39. The Kier molecular flexibility index (Phi) is 6.91. The minimum absolute atomic E-state index is 0.0147. The SMILES string of the molecule is COc1cc(CCC(=O)NCC(=O)NCC2CC2)cc(OC)c1OC. The van der Waals surface area contributed by atoms with Crippen LogP contribution in [0, 0.1) is 5.92 Å². The third kappa shape index (κ3) is 5.85. The van der Waals surface area contributed by atoms with Crippen molar-refractivity contribution in [2.45, 2.75) is 25.7 Å².